The van der Waals surface area contributed by atoms with E-state index in [1.807, 2.05) is 6.08 Å². The van der Waals surface area contributed by atoms with Gasteiger partial charge in [0, 0.05) is 12.8 Å². The molecule has 0 aromatic rings. The summed E-state index contributed by atoms with van der Waals surface area (Å²) in [6.07, 6.45) is 91.0. The van der Waals surface area contributed by atoms with Crippen LogP contribution in [0.2, 0.25) is 0 Å². The van der Waals surface area contributed by atoms with Crippen LogP contribution in [0.5, 0.6) is 0 Å². The van der Waals surface area contributed by atoms with Crippen LogP contribution in [0, 0.1) is 0 Å². The van der Waals surface area contributed by atoms with Gasteiger partial charge in [-0.15, -0.1) is 0 Å². The minimum Gasteiger partial charge on any atom is -0.466 e. The van der Waals surface area contributed by atoms with Crippen molar-refractivity contribution in [1.82, 2.24) is 5.32 Å². The molecule has 2 atom stereocenters. The summed E-state index contributed by atoms with van der Waals surface area (Å²) in [5.41, 5.74) is 0. The van der Waals surface area contributed by atoms with Gasteiger partial charge in [0.1, 0.15) is 0 Å². The van der Waals surface area contributed by atoms with Gasteiger partial charge >= 0.3 is 5.97 Å². The second-order valence-electron chi connectivity index (χ2n) is 25.3. The third-order valence-electron chi connectivity index (χ3n) is 17.1. The number of ether oxygens (including phenoxy) is 1. The summed E-state index contributed by atoms with van der Waals surface area (Å²) in [5.74, 6) is -0.0511. The Kier molecular flexibility index (Phi) is 68.9. The summed E-state index contributed by atoms with van der Waals surface area (Å²) in [4.78, 5) is 24.6. The molecule has 0 aliphatic heterocycles. The minimum absolute atomic E-state index is 0.0115. The predicted molar refractivity (Wildman–Crippen MR) is 356 cm³/mol. The molecule has 0 aromatic carbocycles. The molecule has 3 N–H and O–H groups in total. The molecular weight excluding hydrogens is 995 g/mol. The third kappa shape index (κ3) is 67.1. The fourth-order valence-electron chi connectivity index (χ4n) is 11.5. The lowest BCUT2D eigenvalue weighted by Gasteiger charge is -2.20. The van der Waals surface area contributed by atoms with Crippen LogP contribution in [-0.4, -0.2) is 47.4 Å². The van der Waals surface area contributed by atoms with E-state index in [-0.39, 0.29) is 18.5 Å². The summed E-state index contributed by atoms with van der Waals surface area (Å²) in [6.45, 7) is 4.93. The Morgan fingerprint density at radius 1 is 0.333 bits per heavy atom. The Morgan fingerprint density at radius 2 is 0.580 bits per heavy atom. The van der Waals surface area contributed by atoms with Crippen LogP contribution in [0.4, 0.5) is 0 Å². The molecule has 0 saturated carbocycles. The molecule has 81 heavy (non-hydrogen) atoms. The lowest BCUT2D eigenvalue weighted by atomic mass is 10.0. The second kappa shape index (κ2) is 70.6. The molecule has 0 saturated heterocycles. The molecule has 1 amide bonds. The van der Waals surface area contributed by atoms with Crippen LogP contribution in [-0.2, 0) is 14.3 Å². The summed E-state index contributed by atoms with van der Waals surface area (Å²) in [5, 5.41) is 23.2. The summed E-state index contributed by atoms with van der Waals surface area (Å²) >= 11 is 0. The van der Waals surface area contributed by atoms with Gasteiger partial charge in [-0.1, -0.05) is 346 Å². The first-order chi connectivity index (χ1) is 40.0. The van der Waals surface area contributed by atoms with Crippen molar-refractivity contribution in [3.8, 4) is 0 Å². The number of allylic oxidation sites excluding steroid dienone is 5. The summed E-state index contributed by atoms with van der Waals surface area (Å²) in [6, 6.07) is -0.625. The van der Waals surface area contributed by atoms with Crippen molar-refractivity contribution in [3.63, 3.8) is 0 Å². The fourth-order valence-corrected chi connectivity index (χ4v) is 11.5. The highest BCUT2D eigenvalue weighted by Crippen LogP contribution is 2.19. The molecule has 478 valence electrons. The Hall–Kier alpha value is -1.92. The van der Waals surface area contributed by atoms with E-state index in [0.29, 0.717) is 19.4 Å². The molecule has 0 bridgehead atoms. The normalized spacial score (nSPS) is 12.7. The van der Waals surface area contributed by atoms with Crippen LogP contribution < -0.4 is 5.32 Å². The minimum atomic E-state index is -0.842. The van der Waals surface area contributed by atoms with Crippen LogP contribution in [0.25, 0.3) is 0 Å². The van der Waals surface area contributed by atoms with Crippen molar-refractivity contribution in [2.45, 2.75) is 418 Å². The molecule has 0 aliphatic rings. The molecule has 0 spiro atoms. The molecule has 0 radical (unpaired) electrons. The maximum absolute atomic E-state index is 12.5. The molecule has 0 heterocycles. The van der Waals surface area contributed by atoms with Gasteiger partial charge in [0.05, 0.1) is 25.4 Å². The first-order valence-corrected chi connectivity index (χ1v) is 36.8. The van der Waals surface area contributed by atoms with Gasteiger partial charge in [-0.25, -0.2) is 0 Å². The molecule has 0 fully saturated rings. The topological polar surface area (TPSA) is 95.9 Å². The van der Waals surface area contributed by atoms with E-state index in [1.54, 1.807) is 6.08 Å². The van der Waals surface area contributed by atoms with Gasteiger partial charge < -0.3 is 20.3 Å². The molecule has 0 aliphatic carbocycles. The zero-order chi connectivity index (χ0) is 58.5. The monoisotopic (exact) mass is 1140 g/mol. The lowest BCUT2D eigenvalue weighted by molar-refractivity contribution is -0.143. The Labute approximate surface area is 506 Å². The number of rotatable bonds is 69. The molecule has 0 aromatic heterocycles. The van der Waals surface area contributed by atoms with E-state index in [9.17, 15) is 19.8 Å². The summed E-state index contributed by atoms with van der Waals surface area (Å²) < 4.78 is 5.50. The van der Waals surface area contributed by atoms with E-state index < -0.39 is 12.1 Å². The zero-order valence-electron chi connectivity index (χ0n) is 54.8. The fraction of sp³-hybridized carbons (Fsp3) is 0.893. The van der Waals surface area contributed by atoms with Gasteiger partial charge in [-0.3, -0.25) is 9.59 Å². The highest BCUT2D eigenvalue weighted by molar-refractivity contribution is 5.76. The number of nitrogens with one attached hydrogen (secondary N) is 1. The number of hydrogen-bond donors (Lipinski definition) is 3. The molecule has 6 nitrogen and oxygen atoms in total. The van der Waals surface area contributed by atoms with E-state index >= 15 is 0 Å². The standard InChI is InChI=1S/C75H143NO5/c1-3-5-7-9-11-13-15-17-19-41-45-49-53-57-61-65-69-75(80)81-70-66-62-58-54-50-46-42-38-36-34-32-30-28-26-24-22-20-21-23-25-27-29-31-33-35-37-40-44-48-52-56-60-64-68-74(79)76-72(71-77)73(78)67-63-59-55-51-47-43-39-18-16-14-12-10-8-6-4-2/h19,24,26,41,63,67,72-73,77-78H,3-18,20-23,25,27-40,42-62,64-66,68-71H2,1-2H3,(H,76,79)/b26-24-,41-19-,67-63+. The Bertz CT molecular complexity index is 1310. The number of amides is 1. The highest BCUT2D eigenvalue weighted by atomic mass is 16.5. The first-order valence-electron chi connectivity index (χ1n) is 36.8. The van der Waals surface area contributed by atoms with Crippen LogP contribution in [0.3, 0.4) is 0 Å². The maximum atomic E-state index is 12.5. The van der Waals surface area contributed by atoms with Gasteiger partial charge in [0.15, 0.2) is 0 Å². The highest BCUT2D eigenvalue weighted by Gasteiger charge is 2.18. The van der Waals surface area contributed by atoms with Crippen molar-refractivity contribution in [2.75, 3.05) is 13.2 Å². The van der Waals surface area contributed by atoms with Crippen LogP contribution in [0.15, 0.2) is 36.5 Å². The van der Waals surface area contributed by atoms with Crippen molar-refractivity contribution in [2.24, 2.45) is 0 Å². The number of carbonyl (C=O) groups excluding carboxylic acids is 2. The van der Waals surface area contributed by atoms with Crippen molar-refractivity contribution in [3.05, 3.63) is 36.5 Å². The quantitative estimate of drug-likeness (QED) is 0.0320. The number of hydrogen-bond acceptors (Lipinski definition) is 5. The van der Waals surface area contributed by atoms with Gasteiger partial charge in [-0.2, -0.15) is 0 Å². The summed E-state index contributed by atoms with van der Waals surface area (Å²) in [7, 11) is 0. The number of aliphatic hydroxyl groups is 2. The smallest absolute Gasteiger partial charge is 0.305 e. The average molecular weight is 1140 g/mol. The number of carbonyl (C=O) groups is 2. The molecular formula is C75H143NO5. The lowest BCUT2D eigenvalue weighted by Crippen LogP contribution is -2.45. The van der Waals surface area contributed by atoms with Crippen molar-refractivity contribution >= 4 is 11.9 Å². The third-order valence-corrected chi connectivity index (χ3v) is 17.1. The van der Waals surface area contributed by atoms with Crippen molar-refractivity contribution in [1.29, 1.82) is 0 Å². The van der Waals surface area contributed by atoms with Crippen molar-refractivity contribution < 1.29 is 24.5 Å². The molecule has 2 unspecified atom stereocenters. The number of esters is 1. The van der Waals surface area contributed by atoms with E-state index in [2.05, 4.69) is 43.5 Å². The van der Waals surface area contributed by atoms with Gasteiger partial charge in [0.25, 0.3) is 0 Å². The number of aliphatic hydroxyl groups excluding tert-OH is 2. The van der Waals surface area contributed by atoms with E-state index in [4.69, 9.17) is 4.74 Å². The Balaban J connectivity index is 3.36. The van der Waals surface area contributed by atoms with E-state index in [1.165, 1.54) is 334 Å². The van der Waals surface area contributed by atoms with E-state index in [0.717, 1.165) is 44.9 Å². The average Bonchev–Trinajstić information content (AvgIpc) is 3.47. The second-order valence-corrected chi connectivity index (χ2v) is 25.3. The largest absolute Gasteiger partial charge is 0.466 e. The Morgan fingerprint density at radius 3 is 0.877 bits per heavy atom. The van der Waals surface area contributed by atoms with Gasteiger partial charge in [0.2, 0.25) is 5.91 Å². The SMILES string of the molecule is CCCCCCCCC/C=C\CCCCCCCC(=O)OCCCCCCCCCCCCCC/C=C\CCCCCCCCCCCCCCCCCCCC(=O)NC(CO)C(O)/C=C/CCCCCCCCCCCCCCC. The zero-order valence-corrected chi connectivity index (χ0v) is 54.8. The number of unbranched alkanes of at least 4 members (excludes halogenated alkanes) is 54. The van der Waals surface area contributed by atoms with Crippen LogP contribution in [0.1, 0.15) is 406 Å². The van der Waals surface area contributed by atoms with Gasteiger partial charge in [-0.05, 0) is 83.5 Å². The maximum Gasteiger partial charge on any atom is 0.305 e. The predicted octanol–water partition coefficient (Wildman–Crippen LogP) is 23.9. The van der Waals surface area contributed by atoms with Crippen LogP contribution >= 0.6 is 0 Å². The molecule has 6 heteroatoms. The molecule has 0 rings (SSSR count). The first kappa shape index (κ1) is 79.1.